The Balaban J connectivity index is 1.45. The van der Waals surface area contributed by atoms with Gasteiger partial charge in [-0.15, -0.1) is 0 Å². The van der Waals surface area contributed by atoms with Gasteiger partial charge in [0.05, 0.1) is 11.6 Å². The lowest BCUT2D eigenvalue weighted by Crippen LogP contribution is -2.30. The van der Waals surface area contributed by atoms with Crippen LogP contribution in [0.4, 0.5) is 14.5 Å². The smallest absolute Gasteiger partial charge is 0.171 e. The first-order valence-electron chi connectivity index (χ1n) is 9.64. The summed E-state index contributed by atoms with van der Waals surface area (Å²) in [6, 6.07) is 20.1. The fourth-order valence-corrected chi connectivity index (χ4v) is 3.52. The second-order valence-electron chi connectivity index (χ2n) is 7.01. The molecular formula is C24H19F2N3OS. The van der Waals surface area contributed by atoms with E-state index in [-0.39, 0.29) is 17.7 Å². The Morgan fingerprint density at radius 3 is 2.35 bits per heavy atom. The summed E-state index contributed by atoms with van der Waals surface area (Å²) in [6.45, 7) is 1.94. The predicted octanol–water partition coefficient (Wildman–Crippen LogP) is 6.33. The van der Waals surface area contributed by atoms with Gasteiger partial charge in [0.25, 0.3) is 0 Å². The number of hydrogen-bond donors (Lipinski definition) is 2. The fraction of sp³-hybridized carbons (Fsp3) is 0.0833. The quantitative estimate of drug-likeness (QED) is 0.359. The lowest BCUT2D eigenvalue weighted by Gasteiger charge is -2.17. The van der Waals surface area contributed by atoms with Crippen molar-refractivity contribution >= 4 is 23.0 Å². The monoisotopic (exact) mass is 435 g/mol. The molecule has 0 amide bonds. The van der Waals surface area contributed by atoms with E-state index >= 15 is 0 Å². The van der Waals surface area contributed by atoms with E-state index in [1.54, 1.807) is 30.3 Å². The topological polar surface area (TPSA) is 50.1 Å². The molecule has 4 aromatic rings. The number of aromatic nitrogens is 1. The lowest BCUT2D eigenvalue weighted by molar-refractivity contribution is 0.422. The van der Waals surface area contributed by atoms with E-state index in [1.807, 2.05) is 31.2 Å². The van der Waals surface area contributed by atoms with Gasteiger partial charge in [0.1, 0.15) is 23.6 Å². The zero-order chi connectivity index (χ0) is 21.8. The van der Waals surface area contributed by atoms with E-state index in [0.29, 0.717) is 21.9 Å². The molecule has 0 fully saturated rings. The zero-order valence-corrected chi connectivity index (χ0v) is 17.4. The summed E-state index contributed by atoms with van der Waals surface area (Å²) < 4.78 is 32.4. The average Bonchev–Trinajstić information content (AvgIpc) is 3.24. The van der Waals surface area contributed by atoms with Gasteiger partial charge in [0.15, 0.2) is 5.11 Å². The fourth-order valence-electron chi connectivity index (χ4n) is 3.23. The highest BCUT2D eigenvalue weighted by atomic mass is 32.1. The molecule has 0 bridgehead atoms. The van der Waals surface area contributed by atoms with Crippen LogP contribution < -0.4 is 10.6 Å². The van der Waals surface area contributed by atoms with Crippen LogP contribution in [0.5, 0.6) is 0 Å². The molecule has 1 unspecified atom stereocenters. The third kappa shape index (κ3) is 4.78. The Labute approximate surface area is 183 Å². The molecule has 1 atom stereocenters. The molecule has 7 heteroatoms. The van der Waals surface area contributed by atoms with Gasteiger partial charge in [-0.3, -0.25) is 0 Å². The Kier molecular flexibility index (Phi) is 6.04. The van der Waals surface area contributed by atoms with Crippen LogP contribution in [0, 0.1) is 11.6 Å². The number of hydrogen-bond acceptors (Lipinski definition) is 3. The summed E-state index contributed by atoms with van der Waals surface area (Å²) in [5.74, 6) is -0.612. The van der Waals surface area contributed by atoms with Crippen LogP contribution in [-0.4, -0.2) is 10.3 Å². The number of rotatable bonds is 5. The van der Waals surface area contributed by atoms with Crippen molar-refractivity contribution in [2.24, 2.45) is 0 Å². The van der Waals surface area contributed by atoms with Crippen LogP contribution in [0.1, 0.15) is 18.5 Å². The van der Waals surface area contributed by atoms with Gasteiger partial charge in [-0.05, 0) is 55.0 Å². The molecule has 0 saturated carbocycles. The first-order chi connectivity index (χ1) is 15.0. The minimum absolute atomic E-state index is 0.0849. The second-order valence-corrected chi connectivity index (χ2v) is 7.41. The Bertz CT molecular complexity index is 1190. The van der Waals surface area contributed by atoms with Gasteiger partial charge >= 0.3 is 0 Å². The SMILES string of the molecule is CC(NC(=S)Nc1ccc(-c2nocc2-c2ccccc2F)cc1)c1ccc(F)cc1. The van der Waals surface area contributed by atoms with Gasteiger partial charge in [-0.25, -0.2) is 8.78 Å². The molecule has 2 N–H and O–H groups in total. The Morgan fingerprint density at radius 1 is 0.935 bits per heavy atom. The molecule has 4 nitrogen and oxygen atoms in total. The number of anilines is 1. The van der Waals surface area contributed by atoms with E-state index in [0.717, 1.165) is 16.8 Å². The van der Waals surface area contributed by atoms with Crippen molar-refractivity contribution in [1.82, 2.24) is 10.5 Å². The van der Waals surface area contributed by atoms with Gasteiger partial charge in [-0.1, -0.05) is 47.6 Å². The van der Waals surface area contributed by atoms with Crippen molar-refractivity contribution in [3.8, 4) is 22.4 Å². The number of thiocarbonyl (C=S) groups is 1. The maximum Gasteiger partial charge on any atom is 0.171 e. The first kappa shape index (κ1) is 20.7. The molecule has 31 heavy (non-hydrogen) atoms. The molecule has 156 valence electrons. The molecule has 1 heterocycles. The van der Waals surface area contributed by atoms with Gasteiger partial charge in [0.2, 0.25) is 0 Å². The highest BCUT2D eigenvalue weighted by molar-refractivity contribution is 7.80. The van der Waals surface area contributed by atoms with Crippen molar-refractivity contribution < 1.29 is 13.3 Å². The molecule has 4 rings (SSSR count). The van der Waals surface area contributed by atoms with Gasteiger partial charge in [-0.2, -0.15) is 0 Å². The van der Waals surface area contributed by atoms with Crippen molar-refractivity contribution in [2.75, 3.05) is 5.32 Å². The van der Waals surface area contributed by atoms with E-state index < -0.39 is 0 Å². The molecule has 3 aromatic carbocycles. The Morgan fingerprint density at radius 2 is 1.65 bits per heavy atom. The van der Waals surface area contributed by atoms with E-state index in [1.165, 1.54) is 24.5 Å². The number of nitrogens with one attached hydrogen (secondary N) is 2. The van der Waals surface area contributed by atoms with Crippen LogP contribution in [0.3, 0.4) is 0 Å². The van der Waals surface area contributed by atoms with E-state index in [2.05, 4.69) is 15.8 Å². The maximum atomic E-state index is 14.2. The van der Waals surface area contributed by atoms with Crippen LogP contribution in [-0.2, 0) is 0 Å². The average molecular weight is 435 g/mol. The standard InChI is InChI=1S/C24H19F2N3OS/c1-15(16-6-10-18(25)11-7-16)27-24(31)28-19-12-8-17(9-13-19)23-21(14-30-29-23)20-4-2-3-5-22(20)26/h2-15H,1H3,(H2,27,28,31). The summed E-state index contributed by atoms with van der Waals surface area (Å²) in [5.41, 5.74) is 4.07. The summed E-state index contributed by atoms with van der Waals surface area (Å²) in [7, 11) is 0. The van der Waals surface area contributed by atoms with E-state index in [4.69, 9.17) is 16.7 Å². The largest absolute Gasteiger partial charge is 0.363 e. The van der Waals surface area contributed by atoms with Crippen LogP contribution in [0.15, 0.2) is 83.6 Å². The first-order valence-corrected chi connectivity index (χ1v) is 10.0. The van der Waals surface area contributed by atoms with Crippen molar-refractivity contribution in [1.29, 1.82) is 0 Å². The predicted molar refractivity (Wildman–Crippen MR) is 122 cm³/mol. The molecular weight excluding hydrogens is 416 g/mol. The maximum absolute atomic E-state index is 14.2. The molecule has 0 spiro atoms. The third-order valence-corrected chi connectivity index (χ3v) is 5.09. The molecule has 1 aromatic heterocycles. The summed E-state index contributed by atoms with van der Waals surface area (Å²) in [5, 5.41) is 10.8. The van der Waals surface area contributed by atoms with Crippen molar-refractivity contribution in [3.05, 3.63) is 96.3 Å². The molecule has 0 aliphatic rings. The Hall–Kier alpha value is -3.58. The third-order valence-electron chi connectivity index (χ3n) is 4.87. The molecule has 0 aliphatic carbocycles. The highest BCUT2D eigenvalue weighted by Gasteiger charge is 2.15. The van der Waals surface area contributed by atoms with Crippen molar-refractivity contribution in [2.45, 2.75) is 13.0 Å². The minimum Gasteiger partial charge on any atom is -0.363 e. The normalized spacial score (nSPS) is 11.7. The number of halogens is 2. The van der Waals surface area contributed by atoms with E-state index in [9.17, 15) is 8.78 Å². The molecule has 0 radical (unpaired) electrons. The summed E-state index contributed by atoms with van der Waals surface area (Å²) >= 11 is 5.38. The number of benzene rings is 3. The zero-order valence-electron chi connectivity index (χ0n) is 16.6. The van der Waals surface area contributed by atoms with Crippen molar-refractivity contribution in [3.63, 3.8) is 0 Å². The lowest BCUT2D eigenvalue weighted by atomic mass is 10.0. The molecule has 0 saturated heterocycles. The van der Waals surface area contributed by atoms with Gasteiger partial charge < -0.3 is 15.2 Å². The molecule has 0 aliphatic heterocycles. The minimum atomic E-state index is -0.336. The van der Waals surface area contributed by atoms with Gasteiger partial charge in [0, 0.05) is 16.8 Å². The van der Waals surface area contributed by atoms with Crippen LogP contribution in [0.2, 0.25) is 0 Å². The summed E-state index contributed by atoms with van der Waals surface area (Å²) in [4.78, 5) is 0. The second kappa shape index (κ2) is 9.06. The van der Waals surface area contributed by atoms with Crippen LogP contribution in [0.25, 0.3) is 22.4 Å². The van der Waals surface area contributed by atoms with Crippen LogP contribution >= 0.6 is 12.2 Å². The number of nitrogens with zero attached hydrogens (tertiary/aromatic N) is 1. The highest BCUT2D eigenvalue weighted by Crippen LogP contribution is 2.33. The summed E-state index contributed by atoms with van der Waals surface area (Å²) in [6.07, 6.45) is 1.44.